The van der Waals surface area contributed by atoms with Crippen molar-refractivity contribution in [2.24, 2.45) is 0 Å². The van der Waals surface area contributed by atoms with Gasteiger partial charge in [0.2, 0.25) is 6.79 Å². The van der Waals surface area contributed by atoms with Crippen LogP contribution < -0.4 is 14.8 Å². The van der Waals surface area contributed by atoms with E-state index >= 15 is 0 Å². The third-order valence-corrected chi connectivity index (χ3v) is 4.84. The summed E-state index contributed by atoms with van der Waals surface area (Å²) >= 11 is 0. The van der Waals surface area contributed by atoms with Crippen molar-refractivity contribution in [3.05, 3.63) is 40.8 Å². The number of carbonyl (C=O) groups is 2. The molecule has 2 aliphatic rings. The standard InChI is InChI=1S/C18H19N3O5/c1-10-13(11(2)26-20-10)8-21-16(22)18(3,19-17(21)23)7-12-4-5-14-15(6-12)25-9-24-14/h4-6H,7-9H2,1-3H3,(H,19,23)/t18-/m1/s1. The maximum absolute atomic E-state index is 13.0. The molecule has 1 N–H and O–H groups in total. The van der Waals surface area contributed by atoms with Crippen LogP contribution in [-0.2, 0) is 17.8 Å². The number of ether oxygens (including phenoxy) is 2. The van der Waals surface area contributed by atoms with Gasteiger partial charge in [-0.15, -0.1) is 0 Å². The molecule has 0 bridgehead atoms. The molecule has 136 valence electrons. The Labute approximate surface area is 150 Å². The summed E-state index contributed by atoms with van der Waals surface area (Å²) < 4.78 is 15.8. The smallest absolute Gasteiger partial charge is 0.325 e. The first-order chi connectivity index (χ1) is 12.4. The number of aromatic nitrogens is 1. The minimum atomic E-state index is -1.02. The Morgan fingerprint density at radius 1 is 1.23 bits per heavy atom. The number of carbonyl (C=O) groups excluding carboxylic acids is 2. The molecule has 26 heavy (non-hydrogen) atoms. The summed E-state index contributed by atoms with van der Waals surface area (Å²) in [6.45, 7) is 5.61. The number of benzene rings is 1. The Balaban J connectivity index is 1.55. The Kier molecular flexibility index (Phi) is 3.64. The summed E-state index contributed by atoms with van der Waals surface area (Å²) in [4.78, 5) is 26.6. The van der Waals surface area contributed by atoms with Gasteiger partial charge in [0.25, 0.3) is 5.91 Å². The fourth-order valence-corrected chi connectivity index (χ4v) is 3.36. The van der Waals surface area contributed by atoms with Gasteiger partial charge in [0.15, 0.2) is 11.5 Å². The normalized spacial score (nSPS) is 21.4. The number of nitrogens with zero attached hydrogens (tertiary/aromatic N) is 2. The molecule has 0 unspecified atom stereocenters. The van der Waals surface area contributed by atoms with Crippen LogP contribution in [0.1, 0.15) is 29.5 Å². The van der Waals surface area contributed by atoms with Gasteiger partial charge >= 0.3 is 6.03 Å². The molecule has 2 aromatic rings. The molecule has 8 nitrogen and oxygen atoms in total. The van der Waals surface area contributed by atoms with Crippen molar-refractivity contribution in [1.29, 1.82) is 0 Å². The van der Waals surface area contributed by atoms with Gasteiger partial charge in [0.05, 0.1) is 12.2 Å². The molecule has 2 aliphatic heterocycles. The molecule has 0 radical (unpaired) electrons. The second-order valence-corrected chi connectivity index (χ2v) is 6.82. The molecule has 0 spiro atoms. The van der Waals surface area contributed by atoms with Crippen LogP contribution >= 0.6 is 0 Å². The molecular formula is C18H19N3O5. The predicted molar refractivity (Wildman–Crippen MR) is 89.7 cm³/mol. The second-order valence-electron chi connectivity index (χ2n) is 6.82. The molecule has 0 aliphatic carbocycles. The van der Waals surface area contributed by atoms with Crippen LogP contribution in [-0.4, -0.2) is 34.3 Å². The summed E-state index contributed by atoms with van der Waals surface area (Å²) in [7, 11) is 0. The highest BCUT2D eigenvalue weighted by atomic mass is 16.7. The summed E-state index contributed by atoms with van der Waals surface area (Å²) in [5.41, 5.74) is 1.28. The number of fused-ring (bicyclic) bond motifs is 1. The molecule has 1 atom stereocenters. The summed E-state index contributed by atoms with van der Waals surface area (Å²) in [6.07, 6.45) is 0.353. The van der Waals surface area contributed by atoms with Crippen molar-refractivity contribution in [2.75, 3.05) is 6.79 Å². The predicted octanol–water partition coefficient (Wildman–Crippen LogP) is 2.07. The zero-order valence-corrected chi connectivity index (χ0v) is 14.8. The van der Waals surface area contributed by atoms with Crippen molar-refractivity contribution in [2.45, 2.75) is 39.3 Å². The first-order valence-electron chi connectivity index (χ1n) is 8.32. The number of imide groups is 1. The lowest BCUT2D eigenvalue weighted by molar-refractivity contribution is -0.131. The van der Waals surface area contributed by atoms with Crippen molar-refractivity contribution in [3.63, 3.8) is 0 Å². The second kappa shape index (κ2) is 5.76. The number of hydrogen-bond donors (Lipinski definition) is 1. The first-order valence-corrected chi connectivity index (χ1v) is 8.32. The van der Waals surface area contributed by atoms with Gasteiger partial charge in [0, 0.05) is 12.0 Å². The molecule has 1 aromatic carbocycles. The van der Waals surface area contributed by atoms with Crippen molar-refractivity contribution in [1.82, 2.24) is 15.4 Å². The number of amides is 3. The number of nitrogens with one attached hydrogen (secondary N) is 1. The van der Waals surface area contributed by atoms with Crippen LogP contribution in [0.5, 0.6) is 11.5 Å². The van der Waals surface area contributed by atoms with Crippen molar-refractivity contribution in [3.8, 4) is 11.5 Å². The number of hydrogen-bond acceptors (Lipinski definition) is 6. The lowest BCUT2D eigenvalue weighted by Crippen LogP contribution is -2.45. The van der Waals surface area contributed by atoms with E-state index in [1.165, 1.54) is 4.90 Å². The maximum atomic E-state index is 13.0. The summed E-state index contributed by atoms with van der Waals surface area (Å²) in [5, 5.41) is 6.69. The Hall–Kier alpha value is -3.03. The third-order valence-electron chi connectivity index (χ3n) is 4.84. The summed E-state index contributed by atoms with van der Waals surface area (Å²) in [6, 6.07) is 5.10. The highest BCUT2D eigenvalue weighted by molar-refractivity contribution is 6.06. The van der Waals surface area contributed by atoms with Gasteiger partial charge in [-0.05, 0) is 38.5 Å². The average molecular weight is 357 g/mol. The fraction of sp³-hybridized carbons (Fsp3) is 0.389. The molecular weight excluding hydrogens is 338 g/mol. The van der Waals surface area contributed by atoms with Crippen LogP contribution in [0.25, 0.3) is 0 Å². The van der Waals surface area contributed by atoms with Gasteiger partial charge in [-0.1, -0.05) is 11.2 Å². The fourth-order valence-electron chi connectivity index (χ4n) is 3.36. The van der Waals surface area contributed by atoms with Gasteiger partial charge in [-0.2, -0.15) is 0 Å². The molecule has 1 saturated heterocycles. The molecule has 4 rings (SSSR count). The Morgan fingerprint density at radius 3 is 2.73 bits per heavy atom. The van der Waals surface area contributed by atoms with E-state index in [9.17, 15) is 9.59 Å². The first kappa shape index (κ1) is 16.4. The molecule has 1 fully saturated rings. The van der Waals surface area contributed by atoms with E-state index in [0.717, 1.165) is 11.1 Å². The molecule has 0 saturated carbocycles. The highest BCUT2D eigenvalue weighted by Crippen LogP contribution is 2.34. The zero-order chi connectivity index (χ0) is 18.5. The minimum absolute atomic E-state index is 0.141. The lowest BCUT2D eigenvalue weighted by Gasteiger charge is -2.22. The van der Waals surface area contributed by atoms with E-state index in [2.05, 4.69) is 10.5 Å². The van der Waals surface area contributed by atoms with E-state index < -0.39 is 11.6 Å². The molecule has 1 aromatic heterocycles. The van der Waals surface area contributed by atoms with Crippen LogP contribution in [0.4, 0.5) is 4.79 Å². The quantitative estimate of drug-likeness (QED) is 0.842. The number of rotatable bonds is 4. The van der Waals surface area contributed by atoms with Crippen molar-refractivity contribution < 1.29 is 23.6 Å². The highest BCUT2D eigenvalue weighted by Gasteiger charge is 2.48. The van der Waals surface area contributed by atoms with Gasteiger partial charge in [0.1, 0.15) is 11.3 Å². The largest absolute Gasteiger partial charge is 0.454 e. The SMILES string of the molecule is Cc1noc(C)c1CN1C(=O)N[C@](C)(Cc2ccc3c(c2)OCO3)C1=O. The van der Waals surface area contributed by atoms with E-state index in [1.807, 2.05) is 18.2 Å². The topological polar surface area (TPSA) is 93.9 Å². The van der Waals surface area contributed by atoms with Gasteiger partial charge in [-0.25, -0.2) is 4.79 Å². The lowest BCUT2D eigenvalue weighted by atomic mass is 9.92. The number of urea groups is 1. The monoisotopic (exact) mass is 357 g/mol. The van der Waals surface area contributed by atoms with E-state index in [0.29, 0.717) is 29.4 Å². The molecule has 3 amide bonds. The van der Waals surface area contributed by atoms with E-state index in [-0.39, 0.29) is 19.2 Å². The van der Waals surface area contributed by atoms with Crippen LogP contribution in [0.15, 0.2) is 22.7 Å². The van der Waals surface area contributed by atoms with Crippen LogP contribution in [0, 0.1) is 13.8 Å². The molecule has 8 heteroatoms. The molecule has 3 heterocycles. The Morgan fingerprint density at radius 2 is 2.00 bits per heavy atom. The van der Waals surface area contributed by atoms with Gasteiger partial charge < -0.3 is 19.3 Å². The van der Waals surface area contributed by atoms with E-state index in [4.69, 9.17) is 14.0 Å². The van der Waals surface area contributed by atoms with Gasteiger partial charge in [-0.3, -0.25) is 9.69 Å². The van der Waals surface area contributed by atoms with Crippen molar-refractivity contribution >= 4 is 11.9 Å². The van der Waals surface area contributed by atoms with Crippen LogP contribution in [0.2, 0.25) is 0 Å². The van der Waals surface area contributed by atoms with Crippen LogP contribution in [0.3, 0.4) is 0 Å². The third kappa shape index (κ3) is 2.58. The summed E-state index contributed by atoms with van der Waals surface area (Å²) in [5.74, 6) is 1.66. The maximum Gasteiger partial charge on any atom is 0.325 e. The zero-order valence-electron chi connectivity index (χ0n) is 14.8. The Bertz CT molecular complexity index is 887. The number of aryl methyl sites for hydroxylation is 2. The minimum Gasteiger partial charge on any atom is -0.454 e. The van der Waals surface area contributed by atoms with E-state index in [1.54, 1.807) is 20.8 Å². The average Bonchev–Trinajstić information content (AvgIpc) is 3.23.